The molecule has 13 heteroatoms. The van der Waals surface area contributed by atoms with Crippen molar-refractivity contribution in [3.63, 3.8) is 0 Å². The average molecular weight is 631 g/mol. The van der Waals surface area contributed by atoms with E-state index in [-0.39, 0.29) is 35.0 Å². The molecule has 1 N–H and O–H groups in total. The van der Waals surface area contributed by atoms with Gasteiger partial charge < -0.3 is 33.7 Å². The number of rotatable bonds is 12. The van der Waals surface area contributed by atoms with Crippen LogP contribution >= 0.6 is 11.8 Å². The van der Waals surface area contributed by atoms with Gasteiger partial charge in [-0.1, -0.05) is 43.2 Å². The summed E-state index contributed by atoms with van der Waals surface area (Å²) in [6.07, 6.45) is 5.33. The van der Waals surface area contributed by atoms with Gasteiger partial charge in [0.2, 0.25) is 6.79 Å². The van der Waals surface area contributed by atoms with Crippen molar-refractivity contribution in [3.05, 3.63) is 53.9 Å². The number of methoxy groups -OCH3 is 1. The summed E-state index contributed by atoms with van der Waals surface area (Å²) in [5.74, 6) is -3.18. The highest BCUT2D eigenvalue weighted by atomic mass is 32.2. The van der Waals surface area contributed by atoms with Gasteiger partial charge in [-0.2, -0.15) is 0 Å². The first-order valence-electron chi connectivity index (χ1n) is 14.5. The molecular formula is C31H38N2O10S. The highest BCUT2D eigenvalue weighted by molar-refractivity contribution is 7.98. The second kappa shape index (κ2) is 16.3. The van der Waals surface area contributed by atoms with E-state index in [2.05, 4.69) is 10.3 Å². The summed E-state index contributed by atoms with van der Waals surface area (Å²) < 4.78 is 33.5. The fourth-order valence-electron chi connectivity index (χ4n) is 5.25. The van der Waals surface area contributed by atoms with Gasteiger partial charge in [-0.05, 0) is 38.0 Å². The topological polar surface area (TPSA) is 149 Å². The minimum absolute atomic E-state index is 0.0815. The molecule has 4 unspecified atom stereocenters. The van der Waals surface area contributed by atoms with Crippen LogP contribution in [-0.2, 0) is 39.8 Å². The van der Waals surface area contributed by atoms with Crippen LogP contribution in [0.1, 0.15) is 48.7 Å². The number of hydrogen-bond acceptors (Lipinski definition) is 12. The van der Waals surface area contributed by atoms with Crippen molar-refractivity contribution in [1.29, 1.82) is 0 Å². The lowest BCUT2D eigenvalue weighted by molar-refractivity contribution is -0.162. The molecular weight excluding hydrogens is 592 g/mol. The van der Waals surface area contributed by atoms with Gasteiger partial charge in [-0.15, -0.1) is 11.8 Å². The third kappa shape index (κ3) is 8.63. The van der Waals surface area contributed by atoms with Crippen molar-refractivity contribution in [2.75, 3.05) is 32.7 Å². The van der Waals surface area contributed by atoms with Crippen LogP contribution in [0.5, 0.6) is 11.5 Å². The first-order valence-corrected chi connectivity index (χ1v) is 15.9. The number of aromatic nitrogens is 1. The summed E-state index contributed by atoms with van der Waals surface area (Å²) in [5, 5.41) is 2.54. The number of cyclic esters (lactones) is 2. The normalized spacial score (nSPS) is 22.5. The molecule has 1 aliphatic carbocycles. The standard InChI is InChI=1S/C31H38N2O10S/c1-19-26(42-18-44-3)22(15-20-9-5-4-6-10-20)30(36)39-16-23(31(37)43-19)33-28(34)25-27(24(38-2)13-14-32-25)40-17-41-29(35)21-11-7-8-12-21/h4-6,9-10,13-14,19,21-23,26H,7-8,11-12,15-18H2,1-3H3,(H,33,34). The van der Waals surface area contributed by atoms with Crippen LogP contribution in [0.3, 0.4) is 0 Å². The Morgan fingerprint density at radius 2 is 1.84 bits per heavy atom. The molecule has 0 radical (unpaired) electrons. The maximum atomic E-state index is 13.4. The summed E-state index contributed by atoms with van der Waals surface area (Å²) in [5.41, 5.74) is 0.664. The van der Waals surface area contributed by atoms with E-state index in [1.165, 1.54) is 31.1 Å². The van der Waals surface area contributed by atoms with Gasteiger partial charge in [0.25, 0.3) is 5.91 Å². The summed E-state index contributed by atoms with van der Waals surface area (Å²) in [6.45, 7) is 0.703. The number of ether oxygens (including phenoxy) is 6. The molecule has 1 aliphatic heterocycles. The molecule has 12 nitrogen and oxygen atoms in total. The van der Waals surface area contributed by atoms with Crippen molar-refractivity contribution in [1.82, 2.24) is 10.3 Å². The van der Waals surface area contributed by atoms with Crippen molar-refractivity contribution in [3.8, 4) is 11.5 Å². The van der Waals surface area contributed by atoms with E-state index in [0.29, 0.717) is 6.42 Å². The Morgan fingerprint density at radius 3 is 2.55 bits per heavy atom. The Balaban J connectivity index is 1.49. The highest BCUT2D eigenvalue weighted by Crippen LogP contribution is 2.31. The van der Waals surface area contributed by atoms with Crippen LogP contribution in [0.4, 0.5) is 0 Å². The number of nitrogens with zero attached hydrogens (tertiary/aromatic N) is 1. The number of hydrogen-bond donors (Lipinski definition) is 1. The van der Waals surface area contributed by atoms with Crippen LogP contribution in [0.2, 0.25) is 0 Å². The van der Waals surface area contributed by atoms with Crippen LogP contribution in [0.25, 0.3) is 0 Å². The minimum atomic E-state index is -1.35. The van der Waals surface area contributed by atoms with E-state index in [0.717, 1.165) is 31.2 Å². The number of esters is 3. The Kier molecular flexibility index (Phi) is 12.2. The van der Waals surface area contributed by atoms with Gasteiger partial charge in [0, 0.05) is 12.3 Å². The van der Waals surface area contributed by atoms with Crippen LogP contribution in [-0.4, -0.2) is 79.8 Å². The molecule has 1 aromatic carbocycles. The molecule has 2 aromatic rings. The molecule has 4 atom stereocenters. The smallest absolute Gasteiger partial charge is 0.332 e. The number of benzene rings is 1. The third-order valence-electron chi connectivity index (χ3n) is 7.52. The van der Waals surface area contributed by atoms with E-state index >= 15 is 0 Å². The zero-order valence-electron chi connectivity index (χ0n) is 25.0. The van der Waals surface area contributed by atoms with E-state index in [1.807, 2.05) is 36.6 Å². The number of thioether (sulfide) groups is 1. The van der Waals surface area contributed by atoms with Crippen molar-refractivity contribution < 1.29 is 47.6 Å². The van der Waals surface area contributed by atoms with Crippen molar-refractivity contribution in [2.45, 2.75) is 57.3 Å². The van der Waals surface area contributed by atoms with Gasteiger partial charge >= 0.3 is 17.9 Å². The SMILES string of the molecule is COc1ccnc(C(=O)NC2COC(=O)C(Cc3ccccc3)C(OCSC)C(C)OC2=O)c1OCOC(=O)C1CCCC1. The average Bonchev–Trinajstić information content (AvgIpc) is 3.58. The zero-order chi connectivity index (χ0) is 31.5. The maximum absolute atomic E-state index is 13.4. The van der Waals surface area contributed by atoms with Gasteiger partial charge in [0.05, 0.1) is 24.9 Å². The molecule has 0 spiro atoms. The molecule has 44 heavy (non-hydrogen) atoms. The number of carbonyl (C=O) groups is 4. The van der Waals surface area contributed by atoms with Gasteiger partial charge in [-0.25, -0.2) is 9.78 Å². The Hall–Kier alpha value is -3.84. The lowest BCUT2D eigenvalue weighted by atomic mass is 9.91. The van der Waals surface area contributed by atoms with Crippen LogP contribution < -0.4 is 14.8 Å². The number of carbonyl (C=O) groups excluding carboxylic acids is 4. The minimum Gasteiger partial charge on any atom is -0.493 e. The lowest BCUT2D eigenvalue weighted by Crippen LogP contribution is -2.46. The molecule has 1 saturated carbocycles. The number of nitrogens with one attached hydrogen (secondary N) is 1. The molecule has 2 fully saturated rings. The first-order chi connectivity index (χ1) is 21.3. The summed E-state index contributed by atoms with van der Waals surface area (Å²) in [7, 11) is 1.38. The lowest BCUT2D eigenvalue weighted by Gasteiger charge is -2.29. The molecule has 0 bridgehead atoms. The monoisotopic (exact) mass is 630 g/mol. The number of pyridine rings is 1. The van der Waals surface area contributed by atoms with E-state index in [1.54, 1.807) is 6.92 Å². The van der Waals surface area contributed by atoms with Gasteiger partial charge in [0.15, 0.2) is 23.2 Å². The van der Waals surface area contributed by atoms with E-state index < -0.39 is 55.4 Å². The Bertz CT molecular complexity index is 1290. The maximum Gasteiger partial charge on any atom is 0.332 e. The van der Waals surface area contributed by atoms with Crippen LogP contribution in [0, 0.1) is 11.8 Å². The zero-order valence-corrected chi connectivity index (χ0v) is 25.8. The predicted molar refractivity (Wildman–Crippen MR) is 159 cm³/mol. The van der Waals surface area contributed by atoms with Crippen molar-refractivity contribution >= 4 is 35.6 Å². The van der Waals surface area contributed by atoms with Gasteiger partial charge in [-0.3, -0.25) is 14.4 Å². The molecule has 2 aliphatic rings. The molecule has 1 amide bonds. The molecule has 238 valence electrons. The van der Waals surface area contributed by atoms with Crippen LogP contribution in [0.15, 0.2) is 42.6 Å². The Morgan fingerprint density at radius 1 is 1.09 bits per heavy atom. The highest BCUT2D eigenvalue weighted by Gasteiger charge is 2.40. The third-order valence-corrected chi connectivity index (χ3v) is 7.89. The second-order valence-electron chi connectivity index (χ2n) is 10.5. The first kappa shape index (κ1) is 33.1. The largest absolute Gasteiger partial charge is 0.493 e. The quantitative estimate of drug-likeness (QED) is 0.208. The van der Waals surface area contributed by atoms with E-state index in [9.17, 15) is 19.2 Å². The fraction of sp³-hybridized carbons (Fsp3) is 0.516. The fourth-order valence-corrected chi connectivity index (χ4v) is 5.54. The second-order valence-corrected chi connectivity index (χ2v) is 11.3. The molecule has 4 rings (SSSR count). The van der Waals surface area contributed by atoms with E-state index in [4.69, 9.17) is 28.4 Å². The van der Waals surface area contributed by atoms with Crippen molar-refractivity contribution in [2.24, 2.45) is 11.8 Å². The molecule has 1 aromatic heterocycles. The number of amides is 1. The predicted octanol–water partition coefficient (Wildman–Crippen LogP) is 3.31. The molecule has 1 saturated heterocycles. The Labute approximate surface area is 260 Å². The summed E-state index contributed by atoms with van der Waals surface area (Å²) in [6, 6.07) is 9.51. The van der Waals surface area contributed by atoms with Gasteiger partial charge in [0.1, 0.15) is 18.8 Å². The molecule has 2 heterocycles. The summed E-state index contributed by atoms with van der Waals surface area (Å²) >= 11 is 1.42. The summed E-state index contributed by atoms with van der Waals surface area (Å²) in [4.78, 5) is 56.5.